The first-order valence-corrected chi connectivity index (χ1v) is 10.4. The van der Waals surface area contributed by atoms with Crippen molar-refractivity contribution in [1.82, 2.24) is 9.88 Å². The SMILES string of the molecule is CC1CCCC(C)N1C(=O)c1cc(-c2ccc(Cl)cc2Cl)nc2ccccc12. The summed E-state index contributed by atoms with van der Waals surface area (Å²) in [5.74, 6) is 0.0598. The van der Waals surface area contributed by atoms with Gasteiger partial charge in [0.05, 0.1) is 21.8 Å². The fourth-order valence-corrected chi connectivity index (χ4v) is 4.65. The van der Waals surface area contributed by atoms with Crippen LogP contribution in [-0.2, 0) is 0 Å². The zero-order valence-electron chi connectivity index (χ0n) is 16.0. The fourth-order valence-electron chi connectivity index (χ4n) is 4.15. The van der Waals surface area contributed by atoms with E-state index in [1.54, 1.807) is 12.1 Å². The normalized spacial score (nSPS) is 19.8. The minimum Gasteiger partial charge on any atom is -0.333 e. The lowest BCUT2D eigenvalue weighted by Gasteiger charge is -2.39. The second-order valence-electron chi connectivity index (χ2n) is 7.54. The van der Waals surface area contributed by atoms with Crippen molar-refractivity contribution in [2.45, 2.75) is 45.2 Å². The van der Waals surface area contributed by atoms with E-state index >= 15 is 0 Å². The Labute approximate surface area is 175 Å². The lowest BCUT2D eigenvalue weighted by molar-refractivity contribution is 0.0513. The number of nitrogens with zero attached hydrogens (tertiary/aromatic N) is 2. The van der Waals surface area contributed by atoms with Crippen LogP contribution in [0.4, 0.5) is 0 Å². The molecule has 2 atom stereocenters. The number of aromatic nitrogens is 1. The van der Waals surface area contributed by atoms with Crippen molar-refractivity contribution in [2.24, 2.45) is 0 Å². The number of rotatable bonds is 2. The van der Waals surface area contributed by atoms with Crippen LogP contribution in [0.15, 0.2) is 48.5 Å². The topological polar surface area (TPSA) is 33.2 Å². The van der Waals surface area contributed by atoms with Crippen LogP contribution in [0.5, 0.6) is 0 Å². The van der Waals surface area contributed by atoms with Gasteiger partial charge in [-0.15, -0.1) is 0 Å². The third kappa shape index (κ3) is 3.49. The van der Waals surface area contributed by atoms with Crippen molar-refractivity contribution in [1.29, 1.82) is 0 Å². The fraction of sp³-hybridized carbons (Fsp3) is 0.304. The molecule has 3 aromatic rings. The zero-order chi connectivity index (χ0) is 19.8. The van der Waals surface area contributed by atoms with Gasteiger partial charge in [0.1, 0.15) is 0 Å². The van der Waals surface area contributed by atoms with Gasteiger partial charge in [-0.3, -0.25) is 4.79 Å². The van der Waals surface area contributed by atoms with Gasteiger partial charge in [-0.1, -0.05) is 41.4 Å². The Kier molecular flexibility index (Phi) is 5.31. The lowest BCUT2D eigenvalue weighted by atomic mass is 9.95. The van der Waals surface area contributed by atoms with Crippen LogP contribution in [0.1, 0.15) is 43.5 Å². The lowest BCUT2D eigenvalue weighted by Crippen LogP contribution is -2.47. The second kappa shape index (κ2) is 7.73. The number of piperidine rings is 1. The van der Waals surface area contributed by atoms with Gasteiger partial charge in [0.25, 0.3) is 5.91 Å². The van der Waals surface area contributed by atoms with Gasteiger partial charge in [-0.25, -0.2) is 4.98 Å². The van der Waals surface area contributed by atoms with Gasteiger partial charge in [0.15, 0.2) is 0 Å². The molecule has 1 aliphatic rings. The molecule has 1 amide bonds. The van der Waals surface area contributed by atoms with Gasteiger partial charge in [-0.05, 0) is 63.4 Å². The molecule has 2 aromatic carbocycles. The molecule has 0 radical (unpaired) electrons. The number of hydrogen-bond donors (Lipinski definition) is 0. The van der Waals surface area contributed by atoms with Crippen molar-refractivity contribution in [2.75, 3.05) is 0 Å². The van der Waals surface area contributed by atoms with E-state index in [2.05, 4.69) is 13.8 Å². The van der Waals surface area contributed by atoms with E-state index in [1.807, 2.05) is 41.3 Å². The number of fused-ring (bicyclic) bond motifs is 1. The van der Waals surface area contributed by atoms with E-state index in [-0.39, 0.29) is 18.0 Å². The Bertz CT molecular complexity index is 1040. The molecule has 5 heteroatoms. The largest absolute Gasteiger partial charge is 0.333 e. The molecule has 0 bridgehead atoms. The van der Waals surface area contributed by atoms with E-state index in [1.165, 1.54) is 0 Å². The number of likely N-dealkylation sites (tertiary alicyclic amines) is 1. The highest BCUT2D eigenvalue weighted by Crippen LogP contribution is 2.33. The number of carbonyl (C=O) groups is 1. The number of hydrogen-bond acceptors (Lipinski definition) is 2. The maximum atomic E-state index is 13.6. The second-order valence-corrected chi connectivity index (χ2v) is 8.38. The number of benzene rings is 2. The molecule has 1 fully saturated rings. The molecule has 1 aliphatic heterocycles. The van der Waals surface area contributed by atoms with Crippen molar-refractivity contribution in [3.63, 3.8) is 0 Å². The molecule has 1 aromatic heterocycles. The van der Waals surface area contributed by atoms with Crippen LogP contribution < -0.4 is 0 Å². The van der Waals surface area contributed by atoms with Crippen LogP contribution in [0.25, 0.3) is 22.2 Å². The Morgan fingerprint density at radius 1 is 1.04 bits per heavy atom. The Hall–Kier alpha value is -2.10. The first kappa shape index (κ1) is 19.2. The summed E-state index contributed by atoms with van der Waals surface area (Å²) in [7, 11) is 0. The minimum absolute atomic E-state index is 0.0598. The van der Waals surface area contributed by atoms with Gasteiger partial charge in [-0.2, -0.15) is 0 Å². The first-order chi connectivity index (χ1) is 13.5. The van der Waals surface area contributed by atoms with Gasteiger partial charge < -0.3 is 4.90 Å². The molecule has 2 unspecified atom stereocenters. The van der Waals surface area contributed by atoms with Crippen LogP contribution in [0, 0.1) is 0 Å². The summed E-state index contributed by atoms with van der Waals surface area (Å²) in [6.45, 7) is 4.27. The molecule has 0 N–H and O–H groups in total. The molecule has 0 saturated carbocycles. The zero-order valence-corrected chi connectivity index (χ0v) is 17.5. The summed E-state index contributed by atoms with van der Waals surface area (Å²) in [6, 6.07) is 15.4. The third-order valence-electron chi connectivity index (χ3n) is 5.58. The smallest absolute Gasteiger partial charge is 0.255 e. The van der Waals surface area contributed by atoms with Crippen LogP contribution >= 0.6 is 23.2 Å². The minimum atomic E-state index is 0.0598. The van der Waals surface area contributed by atoms with E-state index in [9.17, 15) is 4.79 Å². The Morgan fingerprint density at radius 3 is 2.46 bits per heavy atom. The third-order valence-corrected chi connectivity index (χ3v) is 6.13. The average molecular weight is 413 g/mol. The van der Waals surface area contributed by atoms with Crippen LogP contribution in [-0.4, -0.2) is 27.9 Å². The Morgan fingerprint density at radius 2 is 1.75 bits per heavy atom. The monoisotopic (exact) mass is 412 g/mol. The predicted molar refractivity (Wildman–Crippen MR) is 116 cm³/mol. The van der Waals surface area contributed by atoms with E-state index in [4.69, 9.17) is 28.2 Å². The molecule has 144 valence electrons. The van der Waals surface area contributed by atoms with Crippen molar-refractivity contribution < 1.29 is 4.79 Å². The molecular formula is C23H22Cl2N2O. The van der Waals surface area contributed by atoms with Gasteiger partial charge in [0.2, 0.25) is 0 Å². The van der Waals surface area contributed by atoms with Crippen LogP contribution in [0.2, 0.25) is 10.0 Å². The molecule has 3 nitrogen and oxygen atoms in total. The summed E-state index contributed by atoms with van der Waals surface area (Å²) in [6.07, 6.45) is 3.23. The molecule has 1 saturated heterocycles. The van der Waals surface area contributed by atoms with Crippen molar-refractivity contribution in [3.05, 3.63) is 64.1 Å². The molecular weight excluding hydrogens is 391 g/mol. The summed E-state index contributed by atoms with van der Waals surface area (Å²) in [5, 5.41) is 1.96. The summed E-state index contributed by atoms with van der Waals surface area (Å²) in [4.78, 5) is 20.4. The van der Waals surface area contributed by atoms with Crippen molar-refractivity contribution >= 4 is 40.0 Å². The number of halogens is 2. The van der Waals surface area contributed by atoms with E-state index < -0.39 is 0 Å². The van der Waals surface area contributed by atoms with Crippen LogP contribution in [0.3, 0.4) is 0 Å². The predicted octanol–water partition coefficient (Wildman–Crippen LogP) is 6.61. The van der Waals surface area contributed by atoms with Gasteiger partial charge in [0, 0.05) is 28.1 Å². The number of amides is 1. The van der Waals surface area contributed by atoms with E-state index in [0.29, 0.717) is 21.3 Å². The quantitative estimate of drug-likeness (QED) is 0.474. The maximum Gasteiger partial charge on any atom is 0.255 e. The van der Waals surface area contributed by atoms with E-state index in [0.717, 1.165) is 35.7 Å². The molecule has 28 heavy (non-hydrogen) atoms. The first-order valence-electron chi connectivity index (χ1n) is 9.63. The molecule has 0 spiro atoms. The number of carbonyl (C=O) groups excluding carboxylic acids is 1. The highest BCUT2D eigenvalue weighted by Gasteiger charge is 2.31. The standard InChI is InChI=1S/C23H22Cl2N2O/c1-14-6-5-7-15(2)27(14)23(28)19-13-22(18-11-10-16(24)12-20(18)25)26-21-9-4-3-8-17(19)21/h3-4,8-15H,5-7H2,1-2H3. The maximum absolute atomic E-state index is 13.6. The molecule has 0 aliphatic carbocycles. The molecule has 2 heterocycles. The Balaban J connectivity index is 1.88. The number of para-hydroxylation sites is 1. The highest BCUT2D eigenvalue weighted by atomic mass is 35.5. The van der Waals surface area contributed by atoms with Crippen molar-refractivity contribution in [3.8, 4) is 11.3 Å². The average Bonchev–Trinajstić information content (AvgIpc) is 2.67. The summed E-state index contributed by atoms with van der Waals surface area (Å²) in [5.41, 5.74) is 2.91. The summed E-state index contributed by atoms with van der Waals surface area (Å²) >= 11 is 12.5. The number of pyridine rings is 1. The van der Waals surface area contributed by atoms with Gasteiger partial charge >= 0.3 is 0 Å². The summed E-state index contributed by atoms with van der Waals surface area (Å²) < 4.78 is 0. The highest BCUT2D eigenvalue weighted by molar-refractivity contribution is 6.36. The molecule has 4 rings (SSSR count).